The number of carbonyl (C=O) groups is 1. The van der Waals surface area contributed by atoms with Gasteiger partial charge in [-0.2, -0.15) is 0 Å². The van der Waals surface area contributed by atoms with Gasteiger partial charge in [-0.1, -0.05) is 43.4 Å². The summed E-state index contributed by atoms with van der Waals surface area (Å²) in [6.45, 7) is 0. The Morgan fingerprint density at radius 3 is 2.68 bits per heavy atom. The van der Waals surface area contributed by atoms with Gasteiger partial charge in [-0.15, -0.1) is 0 Å². The summed E-state index contributed by atoms with van der Waals surface area (Å²) in [4.78, 5) is 11.8. The van der Waals surface area contributed by atoms with E-state index in [9.17, 15) is 4.79 Å². The van der Waals surface area contributed by atoms with Crippen LogP contribution in [0.5, 0.6) is 0 Å². The van der Waals surface area contributed by atoms with Gasteiger partial charge in [0.15, 0.2) is 0 Å². The third-order valence-electron chi connectivity index (χ3n) is 3.48. The highest BCUT2D eigenvalue weighted by Gasteiger charge is 2.21. The van der Waals surface area contributed by atoms with Crippen LogP contribution < -0.4 is 11.1 Å². The van der Waals surface area contributed by atoms with Crippen LogP contribution in [0.3, 0.4) is 0 Å². The molecule has 1 aromatic carbocycles. The van der Waals surface area contributed by atoms with Gasteiger partial charge in [0, 0.05) is 23.6 Å². The molecule has 0 bridgehead atoms. The lowest BCUT2D eigenvalue weighted by Crippen LogP contribution is -2.46. The molecule has 1 saturated carbocycles. The number of nitrogens with one attached hydrogen (secondary N) is 1. The zero-order chi connectivity index (χ0) is 13.5. The molecular formula is C16H20N2O. The molecule has 1 aliphatic rings. The molecular weight excluding hydrogens is 236 g/mol. The minimum absolute atomic E-state index is 0.0602. The van der Waals surface area contributed by atoms with E-state index in [2.05, 4.69) is 17.2 Å². The molecule has 19 heavy (non-hydrogen) atoms. The summed E-state index contributed by atoms with van der Waals surface area (Å²) in [6, 6.07) is 9.64. The number of hydrogen-bond acceptors (Lipinski definition) is 2. The fourth-order valence-corrected chi connectivity index (χ4v) is 2.37. The Morgan fingerprint density at radius 2 is 1.89 bits per heavy atom. The van der Waals surface area contributed by atoms with E-state index in [-0.39, 0.29) is 18.0 Å². The van der Waals surface area contributed by atoms with E-state index >= 15 is 0 Å². The van der Waals surface area contributed by atoms with E-state index in [1.165, 1.54) is 6.42 Å². The van der Waals surface area contributed by atoms with Crippen molar-refractivity contribution in [3.63, 3.8) is 0 Å². The van der Waals surface area contributed by atoms with Gasteiger partial charge in [-0.05, 0) is 25.0 Å². The van der Waals surface area contributed by atoms with Crippen molar-refractivity contribution in [2.45, 2.75) is 44.2 Å². The first-order chi connectivity index (χ1) is 9.25. The Bertz CT molecular complexity index is 473. The number of benzene rings is 1. The number of carbonyl (C=O) groups excluding carboxylic acids is 1. The van der Waals surface area contributed by atoms with Crippen LogP contribution in [0.25, 0.3) is 0 Å². The molecule has 2 rings (SSSR count). The van der Waals surface area contributed by atoms with Crippen LogP contribution in [-0.2, 0) is 4.79 Å². The molecule has 1 aromatic rings. The van der Waals surface area contributed by atoms with Gasteiger partial charge >= 0.3 is 0 Å². The topological polar surface area (TPSA) is 55.1 Å². The average molecular weight is 256 g/mol. The summed E-state index contributed by atoms with van der Waals surface area (Å²) in [5.41, 5.74) is 6.92. The van der Waals surface area contributed by atoms with Crippen molar-refractivity contribution in [1.29, 1.82) is 0 Å². The SMILES string of the molecule is NC1CCCCCC1NC(=O)C#Cc1ccccc1. The maximum Gasteiger partial charge on any atom is 0.296 e. The van der Waals surface area contributed by atoms with Gasteiger partial charge in [0.2, 0.25) is 0 Å². The second-order valence-electron chi connectivity index (χ2n) is 5.00. The predicted octanol–water partition coefficient (Wildman–Crippen LogP) is 1.81. The van der Waals surface area contributed by atoms with Crippen LogP contribution in [0, 0.1) is 11.8 Å². The number of amides is 1. The van der Waals surface area contributed by atoms with Crippen LogP contribution in [0.1, 0.15) is 37.7 Å². The number of rotatable bonds is 1. The fourth-order valence-electron chi connectivity index (χ4n) is 2.37. The van der Waals surface area contributed by atoms with Gasteiger partial charge in [-0.25, -0.2) is 0 Å². The Labute approximate surface area is 114 Å². The Morgan fingerprint density at radius 1 is 1.16 bits per heavy atom. The summed E-state index contributed by atoms with van der Waals surface area (Å²) >= 11 is 0. The van der Waals surface area contributed by atoms with Crippen molar-refractivity contribution >= 4 is 5.91 Å². The Balaban J connectivity index is 1.92. The van der Waals surface area contributed by atoms with Crippen molar-refractivity contribution in [3.05, 3.63) is 35.9 Å². The lowest BCUT2D eigenvalue weighted by molar-refractivity contribution is -0.116. The first-order valence-corrected chi connectivity index (χ1v) is 6.89. The molecule has 0 aromatic heterocycles. The highest BCUT2D eigenvalue weighted by Crippen LogP contribution is 2.16. The summed E-state index contributed by atoms with van der Waals surface area (Å²) < 4.78 is 0. The molecule has 2 atom stereocenters. The van der Waals surface area contributed by atoms with E-state index in [0.717, 1.165) is 31.2 Å². The molecule has 0 saturated heterocycles. The van der Waals surface area contributed by atoms with Crippen molar-refractivity contribution in [2.75, 3.05) is 0 Å². The quantitative estimate of drug-likeness (QED) is 0.595. The average Bonchev–Trinajstić information content (AvgIpc) is 2.63. The summed E-state index contributed by atoms with van der Waals surface area (Å²) in [6.07, 6.45) is 5.43. The molecule has 3 nitrogen and oxygen atoms in total. The third kappa shape index (κ3) is 4.42. The summed E-state index contributed by atoms with van der Waals surface area (Å²) in [5, 5.41) is 2.94. The molecule has 1 aliphatic carbocycles. The third-order valence-corrected chi connectivity index (χ3v) is 3.48. The van der Waals surface area contributed by atoms with Crippen LogP contribution >= 0.6 is 0 Å². The summed E-state index contributed by atoms with van der Waals surface area (Å²) in [7, 11) is 0. The van der Waals surface area contributed by atoms with E-state index in [1.807, 2.05) is 30.3 Å². The maximum atomic E-state index is 11.8. The first kappa shape index (κ1) is 13.6. The Kier molecular flexibility index (Phi) is 5.00. The lowest BCUT2D eigenvalue weighted by Gasteiger charge is -2.21. The van der Waals surface area contributed by atoms with Crippen molar-refractivity contribution < 1.29 is 4.79 Å². The van der Waals surface area contributed by atoms with Gasteiger partial charge < -0.3 is 11.1 Å². The molecule has 100 valence electrons. The maximum absolute atomic E-state index is 11.8. The van der Waals surface area contributed by atoms with Crippen LogP contribution in [-0.4, -0.2) is 18.0 Å². The van der Waals surface area contributed by atoms with Gasteiger partial charge in [-0.3, -0.25) is 4.79 Å². The molecule has 3 N–H and O–H groups in total. The van der Waals surface area contributed by atoms with Crippen molar-refractivity contribution in [1.82, 2.24) is 5.32 Å². The number of hydrogen-bond donors (Lipinski definition) is 2. The molecule has 0 heterocycles. The fraction of sp³-hybridized carbons (Fsp3) is 0.438. The van der Waals surface area contributed by atoms with E-state index in [0.29, 0.717) is 0 Å². The second kappa shape index (κ2) is 6.96. The van der Waals surface area contributed by atoms with Crippen LogP contribution in [0.2, 0.25) is 0 Å². The van der Waals surface area contributed by atoms with Crippen LogP contribution in [0.15, 0.2) is 30.3 Å². The van der Waals surface area contributed by atoms with E-state index < -0.39 is 0 Å². The van der Waals surface area contributed by atoms with Gasteiger partial charge in [0.05, 0.1) is 0 Å². The normalized spacial score (nSPS) is 22.8. The smallest absolute Gasteiger partial charge is 0.296 e. The summed E-state index contributed by atoms with van der Waals surface area (Å²) in [5.74, 6) is 5.26. The minimum atomic E-state index is -0.230. The molecule has 0 spiro atoms. The molecule has 3 heteroatoms. The molecule has 1 amide bonds. The standard InChI is InChI=1S/C16H20N2O/c17-14-9-5-2-6-10-15(14)18-16(19)12-11-13-7-3-1-4-8-13/h1,3-4,7-8,14-15H,2,5-6,9-10,17H2,(H,18,19). The molecule has 0 aliphatic heterocycles. The van der Waals surface area contributed by atoms with Crippen molar-refractivity contribution in [3.8, 4) is 11.8 Å². The molecule has 2 unspecified atom stereocenters. The second-order valence-corrected chi connectivity index (χ2v) is 5.00. The monoisotopic (exact) mass is 256 g/mol. The minimum Gasteiger partial charge on any atom is -0.341 e. The highest BCUT2D eigenvalue weighted by atomic mass is 16.1. The van der Waals surface area contributed by atoms with E-state index in [1.54, 1.807) is 0 Å². The lowest BCUT2D eigenvalue weighted by atomic mass is 10.0. The zero-order valence-corrected chi connectivity index (χ0v) is 11.1. The molecule has 1 fully saturated rings. The largest absolute Gasteiger partial charge is 0.341 e. The van der Waals surface area contributed by atoms with Gasteiger partial charge in [0.1, 0.15) is 0 Å². The van der Waals surface area contributed by atoms with E-state index in [4.69, 9.17) is 5.73 Å². The van der Waals surface area contributed by atoms with Crippen molar-refractivity contribution in [2.24, 2.45) is 5.73 Å². The number of nitrogens with two attached hydrogens (primary N) is 1. The Hall–Kier alpha value is -1.79. The van der Waals surface area contributed by atoms with Gasteiger partial charge in [0.25, 0.3) is 5.91 Å². The first-order valence-electron chi connectivity index (χ1n) is 6.89. The highest BCUT2D eigenvalue weighted by molar-refractivity contribution is 5.94. The van der Waals surface area contributed by atoms with Crippen LogP contribution in [0.4, 0.5) is 0 Å². The predicted molar refractivity (Wildman–Crippen MR) is 76.3 cm³/mol. The molecule has 0 radical (unpaired) electrons. The zero-order valence-electron chi connectivity index (χ0n) is 11.1.